The van der Waals surface area contributed by atoms with Crippen LogP contribution >= 0.6 is 0 Å². The Balaban J connectivity index is 1.74. The highest BCUT2D eigenvalue weighted by atomic mass is 14.9. The van der Waals surface area contributed by atoms with E-state index in [2.05, 4.69) is 39.9 Å². The van der Waals surface area contributed by atoms with Crippen LogP contribution in [0.1, 0.15) is 16.8 Å². The van der Waals surface area contributed by atoms with E-state index in [0.717, 1.165) is 30.9 Å². The molecule has 2 aromatic rings. The Kier molecular flexibility index (Phi) is 2.89. The van der Waals surface area contributed by atoms with Crippen LogP contribution in [0.2, 0.25) is 0 Å². The molecule has 0 unspecified atom stereocenters. The highest BCUT2D eigenvalue weighted by molar-refractivity contribution is 5.62. The normalized spacial score (nSPS) is 12.9. The van der Waals surface area contributed by atoms with E-state index in [-0.39, 0.29) is 0 Å². The molecule has 0 saturated heterocycles. The molecule has 92 valence electrons. The number of nitrogens with one attached hydrogen (secondary N) is 2. The van der Waals surface area contributed by atoms with E-state index in [1.807, 2.05) is 19.2 Å². The van der Waals surface area contributed by atoms with E-state index in [0.29, 0.717) is 0 Å². The summed E-state index contributed by atoms with van der Waals surface area (Å²) in [6, 6.07) is 10.6. The van der Waals surface area contributed by atoms with Crippen LogP contribution in [0.3, 0.4) is 0 Å². The van der Waals surface area contributed by atoms with Gasteiger partial charge in [-0.3, -0.25) is 4.98 Å². The summed E-state index contributed by atoms with van der Waals surface area (Å²) in [5.41, 5.74) is 6.17. The van der Waals surface area contributed by atoms with Gasteiger partial charge in [-0.1, -0.05) is 18.2 Å². The van der Waals surface area contributed by atoms with Gasteiger partial charge < -0.3 is 10.6 Å². The fourth-order valence-electron chi connectivity index (χ4n) is 2.33. The van der Waals surface area contributed by atoms with Crippen molar-refractivity contribution in [1.82, 2.24) is 4.98 Å². The van der Waals surface area contributed by atoms with Crippen molar-refractivity contribution in [3.63, 3.8) is 0 Å². The number of para-hydroxylation sites is 1. The summed E-state index contributed by atoms with van der Waals surface area (Å²) < 4.78 is 0. The third kappa shape index (κ3) is 2.16. The van der Waals surface area contributed by atoms with Gasteiger partial charge in [-0.25, -0.2) is 0 Å². The zero-order valence-electron chi connectivity index (χ0n) is 10.5. The first-order valence-corrected chi connectivity index (χ1v) is 6.34. The third-order valence-corrected chi connectivity index (χ3v) is 3.33. The fraction of sp³-hybridized carbons (Fsp3) is 0.267. The van der Waals surface area contributed by atoms with Gasteiger partial charge in [0, 0.05) is 24.5 Å². The molecule has 0 saturated carbocycles. The second-order valence-corrected chi connectivity index (χ2v) is 4.67. The van der Waals surface area contributed by atoms with Gasteiger partial charge in [0.15, 0.2) is 0 Å². The number of pyridine rings is 1. The molecule has 0 radical (unpaired) electrons. The highest BCUT2D eigenvalue weighted by Gasteiger charge is 2.12. The molecule has 2 heterocycles. The number of aryl methyl sites for hydroxylation is 1. The molecule has 0 fully saturated rings. The van der Waals surface area contributed by atoms with Gasteiger partial charge in [-0.05, 0) is 36.6 Å². The molecule has 1 aliphatic heterocycles. The number of anilines is 2. The van der Waals surface area contributed by atoms with Gasteiger partial charge in [0.25, 0.3) is 0 Å². The van der Waals surface area contributed by atoms with E-state index < -0.39 is 0 Å². The number of nitrogens with zero attached hydrogens (tertiary/aromatic N) is 1. The molecule has 3 nitrogen and oxygen atoms in total. The predicted octanol–water partition coefficient (Wildman–Crippen LogP) is 2.97. The maximum atomic E-state index is 4.29. The average Bonchev–Trinajstić information content (AvgIpc) is 2.87. The lowest BCUT2D eigenvalue weighted by molar-refractivity contribution is 1.11. The summed E-state index contributed by atoms with van der Waals surface area (Å²) in [6.07, 6.45) is 3.02. The van der Waals surface area contributed by atoms with Crippen molar-refractivity contribution in [2.24, 2.45) is 0 Å². The molecule has 0 amide bonds. The van der Waals surface area contributed by atoms with E-state index >= 15 is 0 Å². The first-order chi connectivity index (χ1) is 8.83. The molecule has 0 bridgehead atoms. The Labute approximate surface area is 107 Å². The summed E-state index contributed by atoms with van der Waals surface area (Å²) in [4.78, 5) is 4.29. The van der Waals surface area contributed by atoms with Crippen molar-refractivity contribution in [2.45, 2.75) is 19.9 Å². The lowest BCUT2D eigenvalue weighted by atomic mass is 10.1. The topological polar surface area (TPSA) is 37.0 Å². The Bertz CT molecular complexity index is 546. The van der Waals surface area contributed by atoms with Gasteiger partial charge in [-0.2, -0.15) is 0 Å². The summed E-state index contributed by atoms with van der Waals surface area (Å²) in [6.45, 7) is 3.89. The molecule has 0 spiro atoms. The minimum absolute atomic E-state index is 0.834. The second-order valence-electron chi connectivity index (χ2n) is 4.67. The number of rotatable bonds is 3. The minimum Gasteiger partial charge on any atom is -0.384 e. The maximum Gasteiger partial charge on any atom is 0.0529 e. The zero-order chi connectivity index (χ0) is 12.4. The summed E-state index contributed by atoms with van der Waals surface area (Å²) >= 11 is 0. The van der Waals surface area contributed by atoms with Gasteiger partial charge in [0.1, 0.15) is 0 Å². The number of aromatic nitrogens is 1. The van der Waals surface area contributed by atoms with E-state index in [1.54, 1.807) is 0 Å². The molecule has 1 aromatic heterocycles. The molecule has 18 heavy (non-hydrogen) atoms. The van der Waals surface area contributed by atoms with Crippen LogP contribution in [0.15, 0.2) is 36.5 Å². The smallest absolute Gasteiger partial charge is 0.0529 e. The van der Waals surface area contributed by atoms with E-state index in [9.17, 15) is 0 Å². The predicted molar refractivity (Wildman–Crippen MR) is 74.9 cm³/mol. The molecule has 1 aromatic carbocycles. The van der Waals surface area contributed by atoms with Crippen LogP contribution in [0, 0.1) is 6.92 Å². The molecule has 3 heteroatoms. The summed E-state index contributed by atoms with van der Waals surface area (Å²) in [7, 11) is 0. The molecule has 1 aliphatic rings. The molecule has 3 rings (SSSR count). The quantitative estimate of drug-likeness (QED) is 0.864. The van der Waals surface area contributed by atoms with Gasteiger partial charge in [0.05, 0.1) is 11.9 Å². The first-order valence-electron chi connectivity index (χ1n) is 6.34. The third-order valence-electron chi connectivity index (χ3n) is 3.33. The van der Waals surface area contributed by atoms with Crippen molar-refractivity contribution in [1.29, 1.82) is 0 Å². The lowest BCUT2D eigenvalue weighted by Crippen LogP contribution is -2.03. The van der Waals surface area contributed by atoms with E-state index in [4.69, 9.17) is 0 Å². The van der Waals surface area contributed by atoms with Crippen molar-refractivity contribution >= 4 is 11.4 Å². The SMILES string of the molecule is Cc1ccc(NCc2cccc3c2NCC3)cn1. The monoisotopic (exact) mass is 239 g/mol. The number of hydrogen-bond acceptors (Lipinski definition) is 3. The molecular formula is C15H17N3. The Morgan fingerprint density at radius 2 is 2.22 bits per heavy atom. The molecule has 2 N–H and O–H groups in total. The average molecular weight is 239 g/mol. The fourth-order valence-corrected chi connectivity index (χ4v) is 2.33. The van der Waals surface area contributed by atoms with Crippen molar-refractivity contribution < 1.29 is 0 Å². The van der Waals surface area contributed by atoms with Crippen LogP contribution in [0.5, 0.6) is 0 Å². The number of fused-ring (bicyclic) bond motifs is 1. The number of hydrogen-bond donors (Lipinski definition) is 2. The van der Waals surface area contributed by atoms with Crippen molar-refractivity contribution in [3.05, 3.63) is 53.3 Å². The van der Waals surface area contributed by atoms with Crippen LogP contribution in [-0.4, -0.2) is 11.5 Å². The summed E-state index contributed by atoms with van der Waals surface area (Å²) in [5.74, 6) is 0. The van der Waals surface area contributed by atoms with Gasteiger partial charge in [-0.15, -0.1) is 0 Å². The van der Waals surface area contributed by atoms with Gasteiger partial charge >= 0.3 is 0 Å². The first kappa shape index (κ1) is 11.1. The van der Waals surface area contributed by atoms with Crippen molar-refractivity contribution in [3.8, 4) is 0 Å². The van der Waals surface area contributed by atoms with Crippen LogP contribution in [0.25, 0.3) is 0 Å². The van der Waals surface area contributed by atoms with Crippen LogP contribution in [-0.2, 0) is 13.0 Å². The maximum absolute atomic E-state index is 4.29. The lowest BCUT2D eigenvalue weighted by Gasteiger charge is -2.11. The highest BCUT2D eigenvalue weighted by Crippen LogP contribution is 2.26. The molecule has 0 aliphatic carbocycles. The Morgan fingerprint density at radius 3 is 3.06 bits per heavy atom. The van der Waals surface area contributed by atoms with E-state index in [1.165, 1.54) is 16.8 Å². The Hall–Kier alpha value is -2.03. The minimum atomic E-state index is 0.834. The standard InChI is InChI=1S/C15H17N3/c1-11-5-6-14(10-17-11)18-9-13-4-2-3-12-7-8-16-15(12)13/h2-6,10,16,18H,7-9H2,1H3. The molecular weight excluding hydrogens is 222 g/mol. The largest absolute Gasteiger partial charge is 0.384 e. The van der Waals surface area contributed by atoms with Crippen LogP contribution < -0.4 is 10.6 Å². The second kappa shape index (κ2) is 4.69. The molecule has 0 atom stereocenters. The van der Waals surface area contributed by atoms with Crippen molar-refractivity contribution in [2.75, 3.05) is 17.2 Å². The van der Waals surface area contributed by atoms with Gasteiger partial charge in [0.2, 0.25) is 0 Å². The van der Waals surface area contributed by atoms with Crippen LogP contribution in [0.4, 0.5) is 11.4 Å². The summed E-state index contributed by atoms with van der Waals surface area (Å²) in [5, 5.41) is 6.87. The zero-order valence-corrected chi connectivity index (χ0v) is 10.5. The number of benzene rings is 1. The Morgan fingerprint density at radius 1 is 1.28 bits per heavy atom.